The van der Waals surface area contributed by atoms with Crippen LogP contribution in [0, 0.1) is 0 Å². The Balaban J connectivity index is 2.16. The third kappa shape index (κ3) is 1.83. The molecule has 1 aromatic carbocycles. The molecule has 0 radical (unpaired) electrons. The minimum atomic E-state index is 0.587. The summed E-state index contributed by atoms with van der Waals surface area (Å²) in [6.07, 6.45) is 3.30. The number of halogens is 1. The summed E-state index contributed by atoms with van der Waals surface area (Å²) in [6.45, 7) is 0. The molecule has 2 N–H and O–H groups in total. The summed E-state index contributed by atoms with van der Waals surface area (Å²) < 4.78 is 1.64. The van der Waals surface area contributed by atoms with Crippen LogP contribution >= 0.6 is 11.6 Å². The molecule has 0 spiro atoms. The highest BCUT2D eigenvalue weighted by atomic mass is 35.5. The van der Waals surface area contributed by atoms with Gasteiger partial charge in [0.25, 0.3) is 0 Å². The van der Waals surface area contributed by atoms with E-state index in [2.05, 4.69) is 10.1 Å². The lowest BCUT2D eigenvalue weighted by atomic mass is 10.2. The number of pyridine rings is 1. The summed E-state index contributed by atoms with van der Waals surface area (Å²) in [7, 11) is 0. The Labute approximate surface area is 103 Å². The van der Waals surface area contributed by atoms with Crippen molar-refractivity contribution in [1.29, 1.82) is 0 Å². The Morgan fingerprint density at radius 3 is 2.82 bits per heavy atom. The minimum absolute atomic E-state index is 0.587. The second-order valence-corrected chi connectivity index (χ2v) is 4.16. The van der Waals surface area contributed by atoms with Crippen molar-refractivity contribution in [2.24, 2.45) is 0 Å². The van der Waals surface area contributed by atoms with E-state index in [4.69, 9.17) is 17.3 Å². The van der Waals surface area contributed by atoms with E-state index in [1.165, 1.54) is 0 Å². The van der Waals surface area contributed by atoms with Gasteiger partial charge >= 0.3 is 0 Å². The first-order chi connectivity index (χ1) is 8.22. The third-order valence-corrected chi connectivity index (χ3v) is 2.68. The van der Waals surface area contributed by atoms with Crippen LogP contribution in [0.1, 0.15) is 0 Å². The third-order valence-electron chi connectivity index (χ3n) is 2.48. The Bertz CT molecular complexity index is 690. The fourth-order valence-corrected chi connectivity index (χ4v) is 1.82. The summed E-state index contributed by atoms with van der Waals surface area (Å²) in [4.78, 5) is 4.49. The van der Waals surface area contributed by atoms with Gasteiger partial charge < -0.3 is 5.73 Å². The first-order valence-corrected chi connectivity index (χ1v) is 5.47. The molecule has 3 aromatic rings. The molecule has 17 heavy (non-hydrogen) atoms. The standard InChI is InChI=1S/C12H9ClN4/c13-9-6-15-17(7-9)12-4-1-8-5-10(14)2-3-11(8)16-12/h1-7H,14H2. The monoisotopic (exact) mass is 244 g/mol. The zero-order chi connectivity index (χ0) is 11.8. The van der Waals surface area contributed by atoms with Crippen LogP contribution in [0.25, 0.3) is 16.7 Å². The van der Waals surface area contributed by atoms with Gasteiger partial charge in [0.2, 0.25) is 0 Å². The van der Waals surface area contributed by atoms with E-state index >= 15 is 0 Å². The molecule has 4 nitrogen and oxygen atoms in total. The molecule has 0 saturated carbocycles. The number of hydrogen-bond donors (Lipinski definition) is 1. The van der Waals surface area contributed by atoms with Gasteiger partial charge in [0, 0.05) is 11.1 Å². The van der Waals surface area contributed by atoms with E-state index in [1.807, 2.05) is 30.3 Å². The molecule has 0 fully saturated rings. The summed E-state index contributed by atoms with van der Waals surface area (Å²) >= 11 is 5.82. The molecular formula is C12H9ClN4. The molecule has 0 aliphatic rings. The molecule has 84 valence electrons. The molecule has 0 bridgehead atoms. The maximum atomic E-state index is 5.82. The molecule has 2 aromatic heterocycles. The molecule has 0 amide bonds. The number of anilines is 1. The van der Waals surface area contributed by atoms with Crippen LogP contribution in [0.4, 0.5) is 5.69 Å². The minimum Gasteiger partial charge on any atom is -0.399 e. The van der Waals surface area contributed by atoms with Crippen molar-refractivity contribution in [2.75, 3.05) is 5.73 Å². The van der Waals surface area contributed by atoms with Gasteiger partial charge in [-0.3, -0.25) is 0 Å². The second kappa shape index (κ2) is 3.75. The quantitative estimate of drug-likeness (QED) is 0.670. The van der Waals surface area contributed by atoms with Crippen molar-refractivity contribution < 1.29 is 0 Å². The maximum Gasteiger partial charge on any atom is 0.154 e. The van der Waals surface area contributed by atoms with Crippen molar-refractivity contribution in [2.45, 2.75) is 0 Å². The highest BCUT2D eigenvalue weighted by Gasteiger charge is 2.02. The van der Waals surface area contributed by atoms with Crippen LogP contribution < -0.4 is 5.73 Å². The van der Waals surface area contributed by atoms with Gasteiger partial charge in [0.05, 0.1) is 22.9 Å². The average molecular weight is 245 g/mol. The molecule has 3 rings (SSSR count). The fraction of sp³-hybridized carbons (Fsp3) is 0. The number of rotatable bonds is 1. The smallest absolute Gasteiger partial charge is 0.154 e. The van der Waals surface area contributed by atoms with Gasteiger partial charge in [0.1, 0.15) is 0 Å². The van der Waals surface area contributed by atoms with Crippen LogP contribution in [0.15, 0.2) is 42.7 Å². The van der Waals surface area contributed by atoms with Gasteiger partial charge in [-0.1, -0.05) is 11.6 Å². The molecule has 5 heteroatoms. The van der Waals surface area contributed by atoms with Crippen molar-refractivity contribution in [3.8, 4) is 5.82 Å². The van der Waals surface area contributed by atoms with Gasteiger partial charge in [-0.2, -0.15) is 5.10 Å². The first kappa shape index (κ1) is 10.1. The zero-order valence-electron chi connectivity index (χ0n) is 8.84. The van der Waals surface area contributed by atoms with Crippen LogP contribution in [0.3, 0.4) is 0 Å². The second-order valence-electron chi connectivity index (χ2n) is 3.72. The number of aromatic nitrogens is 3. The SMILES string of the molecule is Nc1ccc2nc(-n3cc(Cl)cn3)ccc2c1. The molecule has 0 aliphatic heterocycles. The van der Waals surface area contributed by atoms with E-state index in [-0.39, 0.29) is 0 Å². The molecule has 0 saturated heterocycles. The molecule has 0 aliphatic carbocycles. The Morgan fingerprint density at radius 1 is 1.18 bits per heavy atom. The number of hydrogen-bond acceptors (Lipinski definition) is 3. The van der Waals surface area contributed by atoms with Gasteiger partial charge in [-0.15, -0.1) is 0 Å². The van der Waals surface area contributed by atoms with E-state index < -0.39 is 0 Å². The van der Waals surface area contributed by atoms with Gasteiger partial charge in [0.15, 0.2) is 5.82 Å². The summed E-state index contributed by atoms with van der Waals surface area (Å²) in [5.74, 6) is 0.731. The lowest BCUT2D eigenvalue weighted by molar-refractivity contribution is 0.853. The Hall–Kier alpha value is -2.07. The number of benzene rings is 1. The number of nitrogens with zero attached hydrogens (tertiary/aromatic N) is 3. The van der Waals surface area contributed by atoms with E-state index in [0.717, 1.165) is 22.4 Å². The zero-order valence-corrected chi connectivity index (χ0v) is 9.59. The van der Waals surface area contributed by atoms with Crippen molar-refractivity contribution in [3.63, 3.8) is 0 Å². The molecule has 2 heterocycles. The van der Waals surface area contributed by atoms with Gasteiger partial charge in [-0.25, -0.2) is 9.67 Å². The largest absolute Gasteiger partial charge is 0.399 e. The predicted molar refractivity (Wildman–Crippen MR) is 68.3 cm³/mol. The predicted octanol–water partition coefficient (Wildman–Crippen LogP) is 2.66. The van der Waals surface area contributed by atoms with Crippen molar-refractivity contribution >= 4 is 28.2 Å². The van der Waals surface area contributed by atoms with Crippen LogP contribution in [-0.2, 0) is 0 Å². The van der Waals surface area contributed by atoms with E-state index in [1.54, 1.807) is 17.1 Å². The first-order valence-electron chi connectivity index (χ1n) is 5.09. The lowest BCUT2D eigenvalue weighted by Crippen LogP contribution is -1.97. The van der Waals surface area contributed by atoms with Crippen molar-refractivity contribution in [1.82, 2.24) is 14.8 Å². The number of fused-ring (bicyclic) bond motifs is 1. The maximum absolute atomic E-state index is 5.82. The molecular weight excluding hydrogens is 236 g/mol. The number of nitrogen functional groups attached to an aromatic ring is 1. The highest BCUT2D eigenvalue weighted by molar-refractivity contribution is 6.30. The topological polar surface area (TPSA) is 56.7 Å². The lowest BCUT2D eigenvalue weighted by Gasteiger charge is -2.03. The summed E-state index contributed by atoms with van der Waals surface area (Å²) in [5.41, 5.74) is 7.32. The van der Waals surface area contributed by atoms with E-state index in [9.17, 15) is 0 Å². The number of nitrogens with two attached hydrogens (primary N) is 1. The highest BCUT2D eigenvalue weighted by Crippen LogP contribution is 2.18. The summed E-state index contributed by atoms with van der Waals surface area (Å²) in [5, 5.41) is 5.70. The van der Waals surface area contributed by atoms with Crippen molar-refractivity contribution in [3.05, 3.63) is 47.7 Å². The molecule has 0 unspecified atom stereocenters. The summed E-state index contributed by atoms with van der Waals surface area (Å²) in [6, 6.07) is 9.45. The van der Waals surface area contributed by atoms with Crippen LogP contribution in [0.5, 0.6) is 0 Å². The Morgan fingerprint density at radius 2 is 2.06 bits per heavy atom. The fourth-order valence-electron chi connectivity index (χ4n) is 1.69. The molecule has 0 atom stereocenters. The van der Waals surface area contributed by atoms with Crippen LogP contribution in [-0.4, -0.2) is 14.8 Å². The Kier molecular flexibility index (Phi) is 2.23. The van der Waals surface area contributed by atoms with E-state index in [0.29, 0.717) is 5.02 Å². The van der Waals surface area contributed by atoms with Gasteiger partial charge in [-0.05, 0) is 30.3 Å². The normalized spacial score (nSPS) is 10.9. The van der Waals surface area contributed by atoms with Crippen LogP contribution in [0.2, 0.25) is 5.02 Å². The average Bonchev–Trinajstić information content (AvgIpc) is 2.75.